The number of alkyl halides is 2. The minimum atomic E-state index is -2.88. The van der Waals surface area contributed by atoms with Gasteiger partial charge in [-0.15, -0.1) is 21.5 Å². The van der Waals surface area contributed by atoms with E-state index >= 15 is 0 Å². The molecule has 0 aliphatic carbocycles. The molecule has 138 valence electrons. The predicted octanol–water partition coefficient (Wildman–Crippen LogP) is 3.01. The van der Waals surface area contributed by atoms with E-state index in [-0.39, 0.29) is 18.3 Å². The number of allylic oxidation sites excluding steroid dienone is 2. The molecule has 0 aromatic carbocycles. The molecule has 0 aliphatic rings. The molecule has 0 spiro atoms. The third-order valence-electron chi connectivity index (χ3n) is 2.72. The van der Waals surface area contributed by atoms with Gasteiger partial charge in [-0.05, 0) is 12.2 Å². The molecular weight excluding hydrogens is 388 g/mol. The van der Waals surface area contributed by atoms with E-state index in [1.807, 2.05) is 0 Å². The van der Waals surface area contributed by atoms with Crippen LogP contribution in [-0.2, 0) is 17.8 Å². The fourth-order valence-corrected chi connectivity index (χ4v) is 3.05. The lowest BCUT2D eigenvalue weighted by molar-refractivity contribution is 0.116. The van der Waals surface area contributed by atoms with Gasteiger partial charge in [0.2, 0.25) is 0 Å². The fourth-order valence-electron chi connectivity index (χ4n) is 1.64. The van der Waals surface area contributed by atoms with Gasteiger partial charge in [-0.25, -0.2) is 9.98 Å². The van der Waals surface area contributed by atoms with Crippen LogP contribution in [0.1, 0.15) is 17.3 Å². The number of aromatic nitrogens is 3. The summed E-state index contributed by atoms with van der Waals surface area (Å²) in [6.07, 6.45) is 4.08. The molecule has 0 N–H and O–H groups in total. The van der Waals surface area contributed by atoms with Crippen molar-refractivity contribution < 1.29 is 22.0 Å². The third kappa shape index (κ3) is 4.97. The summed E-state index contributed by atoms with van der Waals surface area (Å²) >= 11 is -1.62. The molecule has 1 unspecified atom stereocenters. The Labute approximate surface area is 153 Å². The summed E-state index contributed by atoms with van der Waals surface area (Å²) in [5, 5.41) is 7.11. The van der Waals surface area contributed by atoms with Crippen molar-refractivity contribution in [2.45, 2.75) is 13.0 Å². The standard InChI is InChI=1S/C14H13F2N5O3S2/c1-3-5-6-17-10(4-2)21(26(22)23)8-11-18-7-9(25-11)13-19-20-14(24-13)12(15)16/h3-7,12H,1-2,8H2,(H,22,23)/p-1/b6-5-,17-10?. The predicted molar refractivity (Wildman–Crippen MR) is 91.8 cm³/mol. The van der Waals surface area contributed by atoms with E-state index in [1.54, 1.807) is 0 Å². The summed E-state index contributed by atoms with van der Waals surface area (Å²) in [7, 11) is 0. The Morgan fingerprint density at radius 3 is 2.85 bits per heavy atom. The average Bonchev–Trinajstić information content (AvgIpc) is 3.26. The van der Waals surface area contributed by atoms with Gasteiger partial charge in [-0.3, -0.25) is 8.51 Å². The highest BCUT2D eigenvalue weighted by molar-refractivity contribution is 7.77. The second kappa shape index (κ2) is 9.22. The first-order valence-corrected chi connectivity index (χ1v) is 8.72. The van der Waals surface area contributed by atoms with Crippen LogP contribution in [0.5, 0.6) is 0 Å². The minimum absolute atomic E-state index is 0.0750. The highest BCUT2D eigenvalue weighted by Gasteiger charge is 2.19. The molecule has 0 radical (unpaired) electrons. The Kier molecular flexibility index (Phi) is 7.00. The molecule has 0 saturated heterocycles. The maximum atomic E-state index is 12.5. The molecule has 0 bridgehead atoms. The maximum Gasteiger partial charge on any atom is 0.314 e. The van der Waals surface area contributed by atoms with Gasteiger partial charge in [0.1, 0.15) is 15.7 Å². The SMILES string of the molecule is C=C/C=C\N=C(C=C)N(Cc1ncc(-c2nnc(C(F)F)o2)s1)S(=O)[O-]. The summed E-state index contributed by atoms with van der Waals surface area (Å²) in [5.74, 6) is -0.844. The van der Waals surface area contributed by atoms with Crippen LogP contribution in [0.2, 0.25) is 0 Å². The summed E-state index contributed by atoms with van der Waals surface area (Å²) in [4.78, 5) is 8.35. The molecule has 2 heterocycles. The number of nitrogens with zero attached hydrogens (tertiary/aromatic N) is 5. The van der Waals surface area contributed by atoms with Crippen LogP contribution in [0.4, 0.5) is 8.78 Å². The summed E-state index contributed by atoms with van der Waals surface area (Å²) in [5.41, 5.74) is 0. The zero-order valence-electron chi connectivity index (χ0n) is 13.1. The van der Waals surface area contributed by atoms with Crippen molar-refractivity contribution in [1.82, 2.24) is 19.5 Å². The third-order valence-corrected chi connectivity index (χ3v) is 4.36. The van der Waals surface area contributed by atoms with E-state index in [9.17, 15) is 17.5 Å². The first kappa shape index (κ1) is 19.8. The Morgan fingerprint density at radius 2 is 2.27 bits per heavy atom. The molecule has 0 amide bonds. The summed E-state index contributed by atoms with van der Waals surface area (Å²) in [6, 6.07) is 0. The highest BCUT2D eigenvalue weighted by Crippen LogP contribution is 2.28. The van der Waals surface area contributed by atoms with E-state index in [0.717, 1.165) is 15.6 Å². The Bertz CT molecular complexity index is 862. The zero-order valence-corrected chi connectivity index (χ0v) is 14.8. The number of thiazole rings is 1. The Morgan fingerprint density at radius 1 is 1.50 bits per heavy atom. The van der Waals surface area contributed by atoms with Gasteiger partial charge in [-0.2, -0.15) is 8.78 Å². The van der Waals surface area contributed by atoms with E-state index in [2.05, 4.69) is 33.3 Å². The van der Waals surface area contributed by atoms with Crippen molar-refractivity contribution in [2.24, 2.45) is 4.99 Å². The summed E-state index contributed by atoms with van der Waals surface area (Å²) < 4.78 is 53.8. The molecule has 2 aromatic heterocycles. The molecule has 2 rings (SSSR count). The van der Waals surface area contributed by atoms with E-state index in [4.69, 9.17) is 4.42 Å². The number of aliphatic imine (C=N–C) groups is 1. The minimum Gasteiger partial charge on any atom is -0.755 e. The van der Waals surface area contributed by atoms with Crippen LogP contribution in [0, 0.1) is 0 Å². The van der Waals surface area contributed by atoms with Gasteiger partial charge in [0.05, 0.1) is 12.7 Å². The van der Waals surface area contributed by atoms with Gasteiger partial charge >= 0.3 is 6.43 Å². The lowest BCUT2D eigenvalue weighted by Gasteiger charge is -2.24. The molecule has 2 aromatic rings. The van der Waals surface area contributed by atoms with Gasteiger partial charge < -0.3 is 8.97 Å². The van der Waals surface area contributed by atoms with Crippen LogP contribution in [0.3, 0.4) is 0 Å². The Hall–Kier alpha value is -2.57. The topological polar surface area (TPSA) is 108 Å². The van der Waals surface area contributed by atoms with Crippen molar-refractivity contribution in [3.8, 4) is 10.8 Å². The second-order valence-corrected chi connectivity index (χ2v) is 6.38. The van der Waals surface area contributed by atoms with Crippen LogP contribution >= 0.6 is 11.3 Å². The quantitative estimate of drug-likeness (QED) is 0.292. The molecule has 26 heavy (non-hydrogen) atoms. The smallest absolute Gasteiger partial charge is 0.314 e. The number of hydrogen-bond acceptors (Lipinski definition) is 8. The molecule has 12 heteroatoms. The van der Waals surface area contributed by atoms with Crippen LogP contribution in [0.25, 0.3) is 10.8 Å². The zero-order chi connectivity index (χ0) is 19.1. The van der Waals surface area contributed by atoms with Crippen molar-refractivity contribution in [2.75, 3.05) is 0 Å². The van der Waals surface area contributed by atoms with E-state index in [1.165, 1.54) is 30.6 Å². The molecule has 0 saturated carbocycles. The van der Waals surface area contributed by atoms with Gasteiger partial charge in [-0.1, -0.05) is 19.2 Å². The lowest BCUT2D eigenvalue weighted by Crippen LogP contribution is -2.30. The maximum absolute atomic E-state index is 12.5. The van der Waals surface area contributed by atoms with Crippen LogP contribution < -0.4 is 0 Å². The van der Waals surface area contributed by atoms with Crippen molar-refractivity contribution >= 4 is 28.4 Å². The molecule has 0 fully saturated rings. The van der Waals surface area contributed by atoms with Crippen LogP contribution in [0.15, 0.2) is 53.2 Å². The van der Waals surface area contributed by atoms with Crippen molar-refractivity contribution in [3.63, 3.8) is 0 Å². The number of hydrogen-bond donors (Lipinski definition) is 0. The Balaban J connectivity index is 2.21. The van der Waals surface area contributed by atoms with Crippen molar-refractivity contribution in [3.05, 3.63) is 54.7 Å². The average molecular weight is 400 g/mol. The number of halogens is 2. The second-order valence-electron chi connectivity index (χ2n) is 4.39. The van der Waals surface area contributed by atoms with Gasteiger partial charge in [0.15, 0.2) is 0 Å². The molecule has 0 aliphatic heterocycles. The lowest BCUT2D eigenvalue weighted by atomic mass is 10.5. The monoisotopic (exact) mass is 400 g/mol. The van der Waals surface area contributed by atoms with Gasteiger partial charge in [0.25, 0.3) is 11.8 Å². The van der Waals surface area contributed by atoms with Crippen LogP contribution in [-0.4, -0.2) is 34.1 Å². The van der Waals surface area contributed by atoms with E-state index < -0.39 is 23.6 Å². The first-order valence-electron chi connectivity index (χ1n) is 6.87. The number of rotatable bonds is 8. The largest absolute Gasteiger partial charge is 0.755 e. The normalized spacial score (nSPS) is 13.3. The van der Waals surface area contributed by atoms with Gasteiger partial charge in [0, 0.05) is 17.5 Å². The van der Waals surface area contributed by atoms with Crippen molar-refractivity contribution in [1.29, 1.82) is 0 Å². The molecular formula is C14H12F2N5O3S2-. The highest BCUT2D eigenvalue weighted by atomic mass is 32.2. The molecule has 8 nitrogen and oxygen atoms in total. The summed E-state index contributed by atoms with van der Waals surface area (Å²) in [6.45, 7) is 6.88. The number of amidine groups is 1. The molecule has 1 atom stereocenters. The first-order chi connectivity index (χ1) is 12.5. The fraction of sp³-hybridized carbons (Fsp3) is 0.143. The van der Waals surface area contributed by atoms with E-state index in [0.29, 0.717) is 9.88 Å².